The quantitative estimate of drug-likeness (QED) is 0.351. The van der Waals surface area contributed by atoms with Gasteiger partial charge in [0.2, 0.25) is 5.91 Å². The number of hydrogen-bond acceptors (Lipinski definition) is 4. The first kappa shape index (κ1) is 22.7. The van der Waals surface area contributed by atoms with Crippen molar-refractivity contribution in [1.29, 1.82) is 0 Å². The van der Waals surface area contributed by atoms with Crippen LogP contribution in [0.2, 0.25) is 0 Å². The molecule has 1 amide bonds. The van der Waals surface area contributed by atoms with Crippen LogP contribution in [0.3, 0.4) is 0 Å². The first-order valence-electron chi connectivity index (χ1n) is 9.66. The highest BCUT2D eigenvalue weighted by atomic mass is 127. The number of amides is 1. The second-order valence-corrected chi connectivity index (χ2v) is 11.1. The zero-order chi connectivity index (χ0) is 19.1. The molecule has 1 saturated carbocycles. The summed E-state index contributed by atoms with van der Waals surface area (Å²) >= 11 is 0. The van der Waals surface area contributed by atoms with E-state index in [-0.39, 0.29) is 58.9 Å². The third kappa shape index (κ3) is 5.71. The third-order valence-corrected chi connectivity index (χ3v) is 7.21. The average molecular weight is 512 g/mol. The van der Waals surface area contributed by atoms with E-state index in [9.17, 15) is 13.2 Å². The highest BCUT2D eigenvalue weighted by Gasteiger charge is 2.41. The van der Waals surface area contributed by atoms with Gasteiger partial charge in [-0.05, 0) is 52.9 Å². The van der Waals surface area contributed by atoms with E-state index < -0.39 is 9.84 Å². The van der Waals surface area contributed by atoms with E-state index in [1.54, 1.807) is 0 Å². The number of hydrogen-bond donors (Lipinski definition) is 1. The number of guanidine groups is 1. The van der Waals surface area contributed by atoms with Crippen LogP contribution in [0.5, 0.6) is 0 Å². The molecular formula is C18H33IN4O3S. The minimum absolute atomic E-state index is 0. The van der Waals surface area contributed by atoms with Crippen LogP contribution >= 0.6 is 24.0 Å². The summed E-state index contributed by atoms with van der Waals surface area (Å²) in [7, 11) is -2.89. The zero-order valence-electron chi connectivity index (χ0n) is 16.8. The lowest BCUT2D eigenvalue weighted by Gasteiger charge is -2.49. The van der Waals surface area contributed by atoms with Crippen LogP contribution in [0.1, 0.15) is 47.0 Å². The molecule has 3 rings (SSSR count). The molecule has 2 saturated heterocycles. The molecule has 1 aliphatic carbocycles. The molecule has 1 N–H and O–H groups in total. The summed E-state index contributed by atoms with van der Waals surface area (Å²) < 4.78 is 23.4. The van der Waals surface area contributed by atoms with E-state index >= 15 is 0 Å². The van der Waals surface area contributed by atoms with Crippen molar-refractivity contribution in [3.8, 4) is 0 Å². The molecule has 0 aromatic carbocycles. The van der Waals surface area contributed by atoms with Gasteiger partial charge in [0, 0.05) is 25.2 Å². The van der Waals surface area contributed by atoms with Crippen LogP contribution in [-0.2, 0) is 14.6 Å². The highest BCUT2D eigenvalue weighted by molar-refractivity contribution is 14.0. The number of sulfone groups is 1. The summed E-state index contributed by atoms with van der Waals surface area (Å²) in [6, 6.07) is 0.600. The predicted octanol–water partition coefficient (Wildman–Crippen LogP) is 1.48. The molecule has 0 aromatic rings. The fourth-order valence-electron chi connectivity index (χ4n) is 4.19. The summed E-state index contributed by atoms with van der Waals surface area (Å²) in [5, 5.41) is 3.46. The zero-order valence-corrected chi connectivity index (χ0v) is 19.9. The van der Waals surface area contributed by atoms with Gasteiger partial charge in [0.25, 0.3) is 0 Å². The van der Waals surface area contributed by atoms with Gasteiger partial charge in [-0.2, -0.15) is 0 Å². The number of nitrogens with one attached hydrogen (secondary N) is 1. The third-order valence-electron chi connectivity index (χ3n) is 5.38. The van der Waals surface area contributed by atoms with E-state index in [4.69, 9.17) is 4.99 Å². The monoisotopic (exact) mass is 512 g/mol. The Balaban J connectivity index is 0.00000261. The summed E-state index contributed by atoms with van der Waals surface area (Å²) in [4.78, 5) is 21.5. The van der Waals surface area contributed by atoms with Crippen LogP contribution in [0, 0.1) is 5.92 Å². The van der Waals surface area contributed by atoms with Gasteiger partial charge in [-0.3, -0.25) is 9.79 Å². The van der Waals surface area contributed by atoms with Crippen molar-refractivity contribution < 1.29 is 13.2 Å². The normalized spacial score (nSPS) is 27.7. The number of rotatable bonds is 4. The van der Waals surface area contributed by atoms with Crippen molar-refractivity contribution in [2.24, 2.45) is 10.9 Å². The Morgan fingerprint density at radius 3 is 2.44 bits per heavy atom. The molecule has 0 spiro atoms. The largest absolute Gasteiger partial charge is 0.353 e. The van der Waals surface area contributed by atoms with Crippen molar-refractivity contribution in [2.45, 2.75) is 64.6 Å². The van der Waals surface area contributed by atoms with E-state index in [1.807, 2.05) is 23.6 Å². The Hall–Kier alpha value is -0.580. The highest BCUT2D eigenvalue weighted by Crippen LogP contribution is 2.26. The summed E-state index contributed by atoms with van der Waals surface area (Å²) in [5.74, 6) is 1.49. The molecule has 0 radical (unpaired) electrons. The topological polar surface area (TPSA) is 82.1 Å². The van der Waals surface area contributed by atoms with Crippen molar-refractivity contribution in [3.63, 3.8) is 0 Å². The fourth-order valence-corrected chi connectivity index (χ4v) is 6.04. The number of piperazine rings is 1. The van der Waals surface area contributed by atoms with Gasteiger partial charge >= 0.3 is 0 Å². The van der Waals surface area contributed by atoms with Crippen LogP contribution in [0.25, 0.3) is 0 Å². The Morgan fingerprint density at radius 2 is 1.96 bits per heavy atom. The molecular weight excluding hydrogens is 479 g/mol. The molecule has 1 atom stereocenters. The molecule has 3 aliphatic rings. The second-order valence-electron chi connectivity index (χ2n) is 8.88. The van der Waals surface area contributed by atoms with Gasteiger partial charge in [-0.15, -0.1) is 24.0 Å². The van der Waals surface area contributed by atoms with E-state index in [1.165, 1.54) is 0 Å². The molecule has 156 valence electrons. The summed E-state index contributed by atoms with van der Waals surface area (Å²) in [6.45, 7) is 9.83. The Labute approximate surface area is 180 Å². The maximum atomic E-state index is 12.7. The van der Waals surface area contributed by atoms with Crippen molar-refractivity contribution >= 4 is 45.7 Å². The van der Waals surface area contributed by atoms with Crippen LogP contribution in [-0.4, -0.2) is 78.8 Å². The van der Waals surface area contributed by atoms with Crippen LogP contribution in [0.4, 0.5) is 0 Å². The number of carbonyl (C=O) groups excluding carboxylic acids is 1. The van der Waals surface area contributed by atoms with E-state index in [0.29, 0.717) is 25.6 Å². The lowest BCUT2D eigenvalue weighted by molar-refractivity contribution is -0.145. The molecule has 3 fully saturated rings. The number of carbonyl (C=O) groups is 1. The Morgan fingerprint density at radius 1 is 1.30 bits per heavy atom. The summed E-state index contributed by atoms with van der Waals surface area (Å²) in [5.41, 5.74) is -0.272. The first-order valence-corrected chi connectivity index (χ1v) is 11.5. The molecule has 27 heavy (non-hydrogen) atoms. The molecule has 7 nitrogen and oxygen atoms in total. The molecule has 1 unspecified atom stereocenters. The molecule has 0 aromatic heterocycles. The number of aliphatic imine (C=N–C) groups is 1. The Kier molecular flexibility index (Phi) is 7.08. The number of nitrogens with zero attached hydrogens (tertiary/aromatic N) is 3. The summed E-state index contributed by atoms with van der Waals surface area (Å²) in [6.07, 6.45) is 2.94. The minimum atomic E-state index is -2.89. The van der Waals surface area contributed by atoms with Gasteiger partial charge in [0.1, 0.15) is 0 Å². The van der Waals surface area contributed by atoms with Gasteiger partial charge in [-0.1, -0.05) is 0 Å². The standard InChI is InChI=1S/C18H32N4O3S.HI/c1-13(2)22-16(23)10-21(12-18(22,3)4)17(20-15-5-6-15)19-9-14-7-8-26(24,25)11-14;/h13-15H,5-12H2,1-4H3,(H,19,20);1H. The second kappa shape index (κ2) is 8.42. The molecule has 2 heterocycles. The maximum absolute atomic E-state index is 12.7. The lowest BCUT2D eigenvalue weighted by atomic mass is 9.96. The van der Waals surface area contributed by atoms with Crippen LogP contribution < -0.4 is 5.32 Å². The van der Waals surface area contributed by atoms with E-state index in [2.05, 4.69) is 19.2 Å². The molecule has 9 heteroatoms. The molecule has 2 aliphatic heterocycles. The Bertz CT molecular complexity index is 689. The molecule has 0 bridgehead atoms. The smallest absolute Gasteiger partial charge is 0.242 e. The number of halogens is 1. The van der Waals surface area contributed by atoms with Gasteiger partial charge in [0.15, 0.2) is 15.8 Å². The fraction of sp³-hybridized carbons (Fsp3) is 0.889. The van der Waals surface area contributed by atoms with Gasteiger partial charge in [-0.25, -0.2) is 8.42 Å². The predicted molar refractivity (Wildman–Crippen MR) is 118 cm³/mol. The van der Waals surface area contributed by atoms with Crippen molar-refractivity contribution in [1.82, 2.24) is 15.1 Å². The average Bonchev–Trinajstić information content (AvgIpc) is 3.24. The van der Waals surface area contributed by atoms with Gasteiger partial charge < -0.3 is 15.1 Å². The maximum Gasteiger partial charge on any atom is 0.242 e. The SMILES string of the molecule is CC(C)N1C(=O)CN(C(=NCC2CCS(=O)(=O)C2)NC2CC2)CC1(C)C.I. The van der Waals surface area contributed by atoms with Gasteiger partial charge in [0.05, 0.1) is 23.6 Å². The van der Waals surface area contributed by atoms with E-state index in [0.717, 1.165) is 25.3 Å². The first-order chi connectivity index (χ1) is 12.1. The van der Waals surface area contributed by atoms with Crippen molar-refractivity contribution in [2.75, 3.05) is 31.1 Å². The lowest BCUT2D eigenvalue weighted by Crippen LogP contribution is -2.66. The minimum Gasteiger partial charge on any atom is -0.353 e. The van der Waals surface area contributed by atoms with Crippen molar-refractivity contribution in [3.05, 3.63) is 0 Å². The van der Waals surface area contributed by atoms with Crippen LogP contribution in [0.15, 0.2) is 4.99 Å².